The third-order valence-electron chi connectivity index (χ3n) is 27.6. The van der Waals surface area contributed by atoms with Gasteiger partial charge in [-0.2, -0.15) is 0 Å². The minimum absolute atomic E-state index is 0.00884. The number of rotatable bonds is 5. The van der Waals surface area contributed by atoms with Gasteiger partial charge in [-0.15, -0.1) is 11.3 Å². The number of benzene rings is 17. The predicted molar refractivity (Wildman–Crippen MR) is 527 cm³/mol. The van der Waals surface area contributed by atoms with Crippen molar-refractivity contribution in [1.29, 1.82) is 0 Å². The summed E-state index contributed by atoms with van der Waals surface area (Å²) in [7, 11) is 0. The third kappa shape index (κ3) is 10.1. The molecular weight excluding hydrogens is 1520 g/mol. The summed E-state index contributed by atoms with van der Waals surface area (Å²) in [6.07, 6.45) is 0. The van der Waals surface area contributed by atoms with Gasteiger partial charge >= 0.3 is 0 Å². The van der Waals surface area contributed by atoms with Crippen molar-refractivity contribution in [3.05, 3.63) is 441 Å². The van der Waals surface area contributed by atoms with Crippen LogP contribution in [0.15, 0.2) is 428 Å². The first-order chi connectivity index (χ1) is 61.4. The highest BCUT2D eigenvalue weighted by Gasteiger charge is 2.54. The number of nitrogens with zero attached hydrogens (tertiary/aromatic N) is 5. The molecule has 0 radical (unpaired) electrons. The molecule has 11 heteroatoms. The van der Waals surface area contributed by atoms with Crippen molar-refractivity contribution in [2.24, 2.45) is 0 Å². The summed E-state index contributed by atoms with van der Waals surface area (Å²) in [6.45, 7) is 5.77. The summed E-state index contributed by atoms with van der Waals surface area (Å²) in [5.41, 5.74) is 47.5. The monoisotopic (exact) mass is 1590 g/mol. The minimum atomic E-state index is 0.00884. The number of furan rings is 1. The van der Waals surface area contributed by atoms with Crippen molar-refractivity contribution in [2.45, 2.75) is 19.3 Å². The summed E-state index contributed by atoms with van der Waals surface area (Å²) < 4.78 is 11.8. The van der Waals surface area contributed by atoms with Gasteiger partial charge in [0.25, 0.3) is 20.1 Å². The van der Waals surface area contributed by atoms with Crippen LogP contribution in [0.1, 0.15) is 30.5 Å². The van der Waals surface area contributed by atoms with E-state index >= 15 is 0 Å². The van der Waals surface area contributed by atoms with Crippen molar-refractivity contribution in [3.8, 4) is 39.1 Å². The van der Waals surface area contributed by atoms with E-state index in [4.69, 9.17) is 4.42 Å². The Kier molecular flexibility index (Phi) is 15.7. The van der Waals surface area contributed by atoms with Crippen LogP contribution >= 0.6 is 11.3 Å². The molecule has 0 bridgehead atoms. The molecule has 29 rings (SSSR count). The van der Waals surface area contributed by atoms with Crippen LogP contribution in [0.25, 0.3) is 76.6 Å². The Hall–Kier alpha value is -15.0. The molecule has 0 saturated heterocycles. The summed E-state index contributed by atoms with van der Waals surface area (Å²) in [6, 6.07) is 152. The largest absolute Gasteiger partial charge is 0.470 e. The molecule has 0 saturated carbocycles. The topological polar surface area (TPSA) is 31.0 Å². The van der Waals surface area contributed by atoms with Gasteiger partial charge in [0.2, 0.25) is 6.71 Å². The summed E-state index contributed by atoms with van der Waals surface area (Å²) in [5.74, 6) is 0. The standard InChI is InChI=1S/C32H21BN2.C29H22BN.C26H16BNO.C26H16BNS/c1-3-12-22(13-4-1)34-28-20-10-8-18-26(28)33-31-25(17-11-21-29(31)34)30-24-16-7-9-19-27(24)35(32(30)33)23-14-5-2-6-15-23;1-29(2)22-15-7-6-13-20(22)26-21-14-10-18-25-27(21)30(28(26)29)23-16-8-9-17-24(23)31(25)19-11-4-3-5-12-19;2*1-2-9-17(10-3-1)28-21-14-6-5-13-20(21)27-25-19(12-8-15-22(25)28)24-18-11-4-7-16-23(18)29-26(24)27/h1-21H;3-18H,1-2H3;2*1-16H. The van der Waals surface area contributed by atoms with Crippen molar-refractivity contribution in [2.75, 3.05) is 19.6 Å². The molecule has 3 aromatic heterocycles. The van der Waals surface area contributed by atoms with E-state index < -0.39 is 0 Å². The van der Waals surface area contributed by atoms with Gasteiger partial charge in [-0.25, -0.2) is 0 Å². The average Bonchev–Trinajstić information content (AvgIpc) is 2.07. The highest BCUT2D eigenvalue weighted by Crippen LogP contribution is 2.56. The van der Waals surface area contributed by atoms with Gasteiger partial charge in [-0.3, -0.25) is 0 Å². The molecule has 576 valence electrons. The van der Waals surface area contributed by atoms with E-state index in [0.29, 0.717) is 13.4 Å². The van der Waals surface area contributed by atoms with Crippen LogP contribution in [0.4, 0.5) is 68.2 Å². The van der Waals surface area contributed by atoms with Crippen LogP contribution in [-0.2, 0) is 5.41 Å². The van der Waals surface area contributed by atoms with Crippen molar-refractivity contribution >= 4 is 204 Å². The first-order valence-electron chi connectivity index (χ1n) is 43.3. The molecule has 124 heavy (non-hydrogen) atoms. The lowest BCUT2D eigenvalue weighted by Crippen LogP contribution is -2.56. The van der Waals surface area contributed by atoms with Gasteiger partial charge in [0, 0.05) is 112 Å². The zero-order chi connectivity index (χ0) is 81.6. The number of fused-ring (bicyclic) bond motifs is 27. The average molecular weight is 1590 g/mol. The van der Waals surface area contributed by atoms with E-state index in [-0.39, 0.29) is 18.8 Å². The first kappa shape index (κ1) is 70.8. The van der Waals surface area contributed by atoms with E-state index in [1.807, 2.05) is 17.4 Å². The molecule has 0 amide bonds. The second-order valence-electron chi connectivity index (χ2n) is 34.2. The quantitative estimate of drug-likeness (QED) is 0.160. The number of anilines is 12. The Morgan fingerprint density at radius 3 is 1.17 bits per heavy atom. The number of aromatic nitrogens is 1. The van der Waals surface area contributed by atoms with Crippen LogP contribution in [-0.4, -0.2) is 31.4 Å². The highest BCUT2D eigenvalue weighted by atomic mass is 32.1. The maximum Gasteiger partial charge on any atom is 0.293 e. The number of hydrogen-bond acceptors (Lipinski definition) is 6. The maximum atomic E-state index is 6.46. The van der Waals surface area contributed by atoms with Crippen molar-refractivity contribution < 1.29 is 4.42 Å². The Balaban J connectivity index is 0.0000000887. The summed E-state index contributed by atoms with van der Waals surface area (Å²) in [4.78, 5) is 9.71. The normalized spacial score (nSPS) is 14.1. The molecule has 6 nitrogen and oxygen atoms in total. The lowest BCUT2D eigenvalue weighted by Gasteiger charge is -2.38. The Morgan fingerprint density at radius 2 is 0.629 bits per heavy atom. The van der Waals surface area contributed by atoms with Crippen LogP contribution < -0.4 is 79.3 Å². The van der Waals surface area contributed by atoms with Crippen molar-refractivity contribution in [1.82, 2.24) is 4.57 Å². The molecule has 0 N–H and O–H groups in total. The summed E-state index contributed by atoms with van der Waals surface area (Å²) >= 11 is 1.96. The number of allylic oxidation sites excluding steroid dienone is 1. The van der Waals surface area contributed by atoms with E-state index in [2.05, 4.69) is 451 Å². The maximum absolute atomic E-state index is 6.46. The molecule has 11 heterocycles. The number of thiophene rings is 1. The molecule has 9 aliphatic rings. The molecule has 0 atom stereocenters. The van der Waals surface area contributed by atoms with E-state index in [9.17, 15) is 0 Å². The lowest BCUT2D eigenvalue weighted by atomic mass is 9.33. The molecule has 0 unspecified atom stereocenters. The zero-order valence-corrected chi connectivity index (χ0v) is 69.0. The second-order valence-corrected chi connectivity index (χ2v) is 35.3. The fourth-order valence-corrected chi connectivity index (χ4v) is 24.3. The van der Waals surface area contributed by atoms with Gasteiger partial charge in [0.05, 0.1) is 11.2 Å². The molecule has 20 aromatic rings. The Morgan fingerprint density at radius 1 is 0.266 bits per heavy atom. The zero-order valence-electron chi connectivity index (χ0n) is 68.2. The number of hydrogen-bond donors (Lipinski definition) is 0. The van der Waals surface area contributed by atoms with Crippen LogP contribution in [0, 0.1) is 0 Å². The van der Waals surface area contributed by atoms with Crippen LogP contribution in [0.3, 0.4) is 0 Å². The number of para-hydroxylation sites is 11. The van der Waals surface area contributed by atoms with Gasteiger partial charge in [0.15, 0.2) is 0 Å². The predicted octanol–water partition coefficient (Wildman–Crippen LogP) is 21.5. The van der Waals surface area contributed by atoms with Crippen molar-refractivity contribution in [3.63, 3.8) is 0 Å². The highest BCUT2D eigenvalue weighted by molar-refractivity contribution is 7.34. The van der Waals surface area contributed by atoms with Gasteiger partial charge in [0.1, 0.15) is 5.58 Å². The molecule has 1 aliphatic carbocycles. The van der Waals surface area contributed by atoms with E-state index in [0.717, 1.165) is 11.2 Å². The lowest BCUT2D eigenvalue weighted by molar-refractivity contribution is 0.653. The molecule has 0 spiro atoms. The second kappa shape index (κ2) is 27.5. The Bertz CT molecular complexity index is 7630. The summed E-state index contributed by atoms with van der Waals surface area (Å²) in [5, 5.41) is 3.91. The fraction of sp³-hybridized carbons (Fsp3) is 0.0265. The smallest absolute Gasteiger partial charge is 0.293 e. The third-order valence-corrected chi connectivity index (χ3v) is 28.8. The fourth-order valence-electron chi connectivity index (χ4n) is 22.9. The molecule has 8 aliphatic heterocycles. The van der Waals surface area contributed by atoms with Gasteiger partial charge in [-0.05, 0) is 226 Å². The van der Waals surface area contributed by atoms with E-state index in [1.165, 1.54) is 210 Å². The van der Waals surface area contributed by atoms with E-state index in [1.54, 1.807) is 5.47 Å². The van der Waals surface area contributed by atoms with Crippen LogP contribution in [0.5, 0.6) is 0 Å². The van der Waals surface area contributed by atoms with Gasteiger partial charge < -0.3 is 28.6 Å². The van der Waals surface area contributed by atoms with Crippen LogP contribution in [0.2, 0.25) is 0 Å². The minimum Gasteiger partial charge on any atom is -0.470 e. The SMILES string of the molecule is CC1(C)C2=C(c3ccccc31)c1cccc3c1B2c1ccccc1N3c1ccccc1.c1ccc(N2c3ccccc3B3c4c(cccc42)-c2c3n(-c3ccccc3)c3ccccc23)cc1.c1ccc(N2c3ccccc3B3c4oc5ccccc5c4-c4cccc2c43)cc1.c1ccc(N2c3ccccc3B3c4sc5ccccc5c4-c4cccc2c43)cc1. The molecule has 0 fully saturated rings. The molecule has 17 aromatic carbocycles. The molecular formula is C113H75B4N5OS. The van der Waals surface area contributed by atoms with Gasteiger partial charge in [-0.1, -0.05) is 311 Å². The first-order valence-corrected chi connectivity index (χ1v) is 44.1. The Labute approximate surface area is 726 Å².